The number of carbonyl (C=O) groups is 1. The zero-order valence-electron chi connectivity index (χ0n) is 14.8. The van der Waals surface area contributed by atoms with Crippen LogP contribution in [0.3, 0.4) is 0 Å². The minimum atomic E-state index is -3.66. The SMILES string of the molecule is O=C(CC1CCCCN1S(=O)(=O)c1ccc(Cl)cc1)NCc1ccccn1. The van der Waals surface area contributed by atoms with Crippen LogP contribution in [0.15, 0.2) is 53.6 Å². The minimum absolute atomic E-state index is 0.139. The van der Waals surface area contributed by atoms with E-state index in [9.17, 15) is 13.2 Å². The van der Waals surface area contributed by atoms with Crippen molar-refractivity contribution >= 4 is 27.5 Å². The maximum Gasteiger partial charge on any atom is 0.243 e. The molecule has 1 unspecified atom stereocenters. The molecule has 2 aromatic rings. The van der Waals surface area contributed by atoms with Gasteiger partial charge < -0.3 is 5.32 Å². The van der Waals surface area contributed by atoms with Crippen molar-refractivity contribution in [1.29, 1.82) is 0 Å². The van der Waals surface area contributed by atoms with E-state index in [1.807, 2.05) is 18.2 Å². The molecular formula is C19H22ClN3O3S. The van der Waals surface area contributed by atoms with Gasteiger partial charge in [-0.15, -0.1) is 0 Å². The van der Waals surface area contributed by atoms with Crippen molar-refractivity contribution in [2.24, 2.45) is 0 Å². The van der Waals surface area contributed by atoms with E-state index in [2.05, 4.69) is 10.3 Å². The number of aromatic nitrogens is 1. The van der Waals surface area contributed by atoms with Crippen molar-refractivity contribution in [1.82, 2.24) is 14.6 Å². The summed E-state index contributed by atoms with van der Waals surface area (Å²) in [5.74, 6) is -0.177. The van der Waals surface area contributed by atoms with Gasteiger partial charge in [0.25, 0.3) is 0 Å². The zero-order valence-corrected chi connectivity index (χ0v) is 16.4. The standard InChI is InChI=1S/C19H22ClN3O3S/c20-15-7-9-18(10-8-15)27(25,26)23-12-4-2-6-17(23)13-19(24)22-14-16-5-1-3-11-21-16/h1,3,5,7-11,17H,2,4,6,12-14H2,(H,22,24). The third-order valence-electron chi connectivity index (χ3n) is 4.61. The van der Waals surface area contributed by atoms with Crippen LogP contribution in [0.4, 0.5) is 0 Å². The second-order valence-corrected chi connectivity index (χ2v) is 8.85. The first kappa shape index (κ1) is 19.8. The molecule has 144 valence electrons. The molecule has 0 bridgehead atoms. The monoisotopic (exact) mass is 407 g/mol. The molecular weight excluding hydrogens is 386 g/mol. The Labute approximate surface area is 164 Å². The summed E-state index contributed by atoms with van der Waals surface area (Å²) in [6, 6.07) is 11.3. The van der Waals surface area contributed by atoms with Gasteiger partial charge >= 0.3 is 0 Å². The second kappa shape index (κ2) is 8.82. The zero-order chi connectivity index (χ0) is 19.3. The Kier molecular flexibility index (Phi) is 6.46. The van der Waals surface area contributed by atoms with Gasteiger partial charge in [0.15, 0.2) is 0 Å². The van der Waals surface area contributed by atoms with Gasteiger partial charge in [-0.3, -0.25) is 9.78 Å². The van der Waals surface area contributed by atoms with E-state index >= 15 is 0 Å². The van der Waals surface area contributed by atoms with Crippen LogP contribution in [0, 0.1) is 0 Å². The Hall–Kier alpha value is -1.96. The van der Waals surface area contributed by atoms with Gasteiger partial charge in [0, 0.05) is 30.2 Å². The molecule has 1 aliphatic heterocycles. The highest BCUT2D eigenvalue weighted by molar-refractivity contribution is 7.89. The lowest BCUT2D eigenvalue weighted by Crippen LogP contribution is -2.45. The summed E-state index contributed by atoms with van der Waals surface area (Å²) in [5, 5.41) is 3.31. The maximum absolute atomic E-state index is 13.0. The number of benzene rings is 1. The molecule has 1 aromatic carbocycles. The van der Waals surface area contributed by atoms with Gasteiger partial charge in [-0.05, 0) is 49.2 Å². The van der Waals surface area contributed by atoms with Crippen LogP contribution in [0.25, 0.3) is 0 Å². The molecule has 1 amide bonds. The molecule has 0 radical (unpaired) electrons. The van der Waals surface area contributed by atoms with Crippen LogP contribution in [0.2, 0.25) is 5.02 Å². The molecule has 1 fully saturated rings. The first-order valence-corrected chi connectivity index (χ1v) is 10.7. The molecule has 6 nitrogen and oxygen atoms in total. The van der Waals surface area contributed by atoms with Crippen LogP contribution >= 0.6 is 11.6 Å². The lowest BCUT2D eigenvalue weighted by atomic mass is 10.0. The van der Waals surface area contributed by atoms with Crippen LogP contribution in [-0.4, -0.2) is 36.2 Å². The Morgan fingerprint density at radius 1 is 1.19 bits per heavy atom. The highest BCUT2D eigenvalue weighted by Gasteiger charge is 2.34. The topological polar surface area (TPSA) is 79.4 Å². The van der Waals surface area contributed by atoms with E-state index in [0.29, 0.717) is 24.5 Å². The smallest absolute Gasteiger partial charge is 0.243 e. The first-order chi connectivity index (χ1) is 13.0. The van der Waals surface area contributed by atoms with Crippen LogP contribution in [0.1, 0.15) is 31.4 Å². The number of rotatable bonds is 6. The van der Waals surface area contributed by atoms with Crippen LogP contribution in [-0.2, 0) is 21.4 Å². The van der Waals surface area contributed by atoms with E-state index in [-0.39, 0.29) is 23.3 Å². The Bertz CT molecular complexity index is 873. The summed E-state index contributed by atoms with van der Waals surface area (Å²) < 4.78 is 27.5. The Morgan fingerprint density at radius 3 is 2.67 bits per heavy atom. The fourth-order valence-corrected chi connectivity index (χ4v) is 5.03. The minimum Gasteiger partial charge on any atom is -0.350 e. The lowest BCUT2D eigenvalue weighted by Gasteiger charge is -2.34. The lowest BCUT2D eigenvalue weighted by molar-refractivity contribution is -0.122. The van der Waals surface area contributed by atoms with Crippen molar-refractivity contribution in [3.63, 3.8) is 0 Å². The van der Waals surface area contributed by atoms with Gasteiger partial charge in [-0.25, -0.2) is 8.42 Å². The number of carbonyl (C=O) groups excluding carboxylic acids is 1. The summed E-state index contributed by atoms with van der Waals surface area (Å²) in [6.07, 6.45) is 4.18. The average molecular weight is 408 g/mol. The Balaban J connectivity index is 1.67. The summed E-state index contributed by atoms with van der Waals surface area (Å²) in [4.78, 5) is 16.7. The van der Waals surface area contributed by atoms with E-state index in [4.69, 9.17) is 11.6 Å². The summed E-state index contributed by atoms with van der Waals surface area (Å²) in [6.45, 7) is 0.749. The number of amides is 1. The second-order valence-electron chi connectivity index (χ2n) is 6.52. The molecule has 8 heteroatoms. The molecule has 3 rings (SSSR count). The largest absolute Gasteiger partial charge is 0.350 e. The molecule has 1 aliphatic rings. The van der Waals surface area contributed by atoms with Gasteiger partial charge in [-0.1, -0.05) is 24.1 Å². The first-order valence-electron chi connectivity index (χ1n) is 8.91. The number of halogens is 1. The van der Waals surface area contributed by atoms with Gasteiger partial charge in [-0.2, -0.15) is 4.31 Å². The molecule has 0 saturated carbocycles. The summed E-state index contributed by atoms with van der Waals surface area (Å²) >= 11 is 5.86. The van der Waals surface area contributed by atoms with E-state index in [1.165, 1.54) is 16.4 Å². The third-order valence-corrected chi connectivity index (χ3v) is 6.83. The molecule has 27 heavy (non-hydrogen) atoms. The predicted octanol–water partition coefficient (Wildman–Crippen LogP) is 2.98. The quantitative estimate of drug-likeness (QED) is 0.798. The van der Waals surface area contributed by atoms with Crippen molar-refractivity contribution in [3.05, 3.63) is 59.4 Å². The highest BCUT2D eigenvalue weighted by Crippen LogP contribution is 2.27. The van der Waals surface area contributed by atoms with E-state index in [1.54, 1.807) is 18.3 Å². The fraction of sp³-hybridized carbons (Fsp3) is 0.368. The molecule has 0 spiro atoms. The van der Waals surface area contributed by atoms with E-state index in [0.717, 1.165) is 18.5 Å². The summed E-state index contributed by atoms with van der Waals surface area (Å²) in [7, 11) is -3.66. The van der Waals surface area contributed by atoms with Crippen molar-refractivity contribution in [3.8, 4) is 0 Å². The summed E-state index contributed by atoms with van der Waals surface area (Å²) in [5.41, 5.74) is 0.764. The number of hydrogen-bond donors (Lipinski definition) is 1. The Morgan fingerprint density at radius 2 is 1.96 bits per heavy atom. The van der Waals surface area contributed by atoms with Gasteiger partial charge in [0.2, 0.25) is 15.9 Å². The average Bonchev–Trinajstić information content (AvgIpc) is 2.68. The molecule has 1 atom stereocenters. The maximum atomic E-state index is 13.0. The number of sulfonamides is 1. The van der Waals surface area contributed by atoms with Gasteiger partial charge in [0.05, 0.1) is 17.1 Å². The molecule has 0 aliphatic carbocycles. The number of piperidine rings is 1. The van der Waals surface area contributed by atoms with Crippen molar-refractivity contribution < 1.29 is 13.2 Å². The van der Waals surface area contributed by atoms with Crippen molar-refractivity contribution in [2.45, 2.75) is 43.2 Å². The number of nitrogens with zero attached hydrogens (tertiary/aromatic N) is 2. The van der Waals surface area contributed by atoms with Crippen LogP contribution in [0.5, 0.6) is 0 Å². The molecule has 2 heterocycles. The van der Waals surface area contributed by atoms with Crippen LogP contribution < -0.4 is 5.32 Å². The number of hydrogen-bond acceptors (Lipinski definition) is 4. The number of pyridine rings is 1. The van der Waals surface area contributed by atoms with Gasteiger partial charge in [0.1, 0.15) is 0 Å². The molecule has 1 saturated heterocycles. The fourth-order valence-electron chi connectivity index (χ4n) is 3.21. The molecule has 1 aromatic heterocycles. The predicted molar refractivity (Wildman–Crippen MR) is 104 cm³/mol. The van der Waals surface area contributed by atoms with E-state index < -0.39 is 10.0 Å². The third kappa shape index (κ3) is 5.06. The molecule has 1 N–H and O–H groups in total. The van der Waals surface area contributed by atoms with Crippen molar-refractivity contribution in [2.75, 3.05) is 6.54 Å². The normalized spacial score (nSPS) is 18.2. The number of nitrogens with one attached hydrogen (secondary N) is 1. The highest BCUT2D eigenvalue weighted by atomic mass is 35.5.